The topological polar surface area (TPSA) is 118 Å². The number of phenolic OH excluding ortho intramolecular Hbond substituents is 1. The molecular formula is C31H45BrIN5O6Si. The molecule has 1 aromatic heterocycles. The van der Waals surface area contributed by atoms with E-state index in [9.17, 15) is 14.7 Å². The molecule has 5 rings (SSSR count). The van der Waals surface area contributed by atoms with Gasteiger partial charge in [-0.25, -0.2) is 9.59 Å². The van der Waals surface area contributed by atoms with Crippen LogP contribution in [-0.4, -0.2) is 103 Å². The third kappa shape index (κ3) is 8.27. The molecule has 1 spiro atoms. The van der Waals surface area contributed by atoms with Crippen molar-refractivity contribution in [3.8, 4) is 11.8 Å². The van der Waals surface area contributed by atoms with Gasteiger partial charge in [-0.3, -0.25) is 0 Å². The van der Waals surface area contributed by atoms with Crippen LogP contribution < -0.4 is 9.64 Å². The van der Waals surface area contributed by atoms with Crippen LogP contribution in [0, 0.1) is 8.99 Å². The summed E-state index contributed by atoms with van der Waals surface area (Å²) >= 11 is 5.69. The fraction of sp³-hybridized carbons (Fsp3) is 0.677. The molecule has 0 bridgehead atoms. The highest BCUT2D eigenvalue weighted by atomic mass is 127. The minimum absolute atomic E-state index is 0.0572. The third-order valence-corrected chi connectivity index (χ3v) is 12.8. The number of aromatic hydroxyl groups is 1. The number of rotatable bonds is 6. The van der Waals surface area contributed by atoms with Gasteiger partial charge in [-0.05, 0) is 84.2 Å². The lowest BCUT2D eigenvalue weighted by molar-refractivity contribution is -0.0434. The molecule has 2 aromatic rings. The van der Waals surface area contributed by atoms with E-state index in [1.807, 2.05) is 26.8 Å². The minimum Gasteiger partial charge on any atom is -0.505 e. The molecule has 0 unspecified atom stereocenters. The van der Waals surface area contributed by atoms with Crippen molar-refractivity contribution in [2.24, 2.45) is 5.41 Å². The summed E-state index contributed by atoms with van der Waals surface area (Å²) in [7, 11) is -1.27. The summed E-state index contributed by atoms with van der Waals surface area (Å²) in [6.07, 6.45) is 2.45. The number of benzene rings is 1. The number of amides is 2. The van der Waals surface area contributed by atoms with Gasteiger partial charge in [0.15, 0.2) is 5.75 Å². The molecule has 0 aliphatic carbocycles. The second-order valence-electron chi connectivity index (χ2n) is 14.8. The van der Waals surface area contributed by atoms with E-state index in [4.69, 9.17) is 19.2 Å². The van der Waals surface area contributed by atoms with Crippen LogP contribution >= 0.6 is 38.5 Å². The first kappa shape index (κ1) is 34.3. The van der Waals surface area contributed by atoms with Crippen molar-refractivity contribution in [3.05, 3.63) is 14.1 Å². The van der Waals surface area contributed by atoms with E-state index in [1.165, 1.54) is 0 Å². The van der Waals surface area contributed by atoms with Crippen LogP contribution in [0.1, 0.15) is 46.5 Å². The molecule has 14 heteroatoms. The second-order valence-corrected chi connectivity index (χ2v) is 22.4. The number of likely N-dealkylation sites (tertiary alicyclic amines) is 2. The van der Waals surface area contributed by atoms with Crippen LogP contribution in [0.4, 0.5) is 15.4 Å². The molecule has 3 saturated heterocycles. The second kappa shape index (κ2) is 13.2. The number of phenols is 1. The Labute approximate surface area is 288 Å². The molecule has 1 aromatic carbocycles. The number of piperidine rings is 2. The van der Waals surface area contributed by atoms with Gasteiger partial charge in [0.1, 0.15) is 23.0 Å². The van der Waals surface area contributed by atoms with E-state index in [1.54, 1.807) is 9.80 Å². The lowest BCUT2D eigenvalue weighted by Gasteiger charge is -2.53. The molecule has 1 N–H and O–H groups in total. The molecule has 2 amide bonds. The highest BCUT2D eigenvalue weighted by Crippen LogP contribution is 2.44. The van der Waals surface area contributed by atoms with Gasteiger partial charge in [0.2, 0.25) is 0 Å². The Morgan fingerprint density at radius 2 is 1.71 bits per heavy atom. The minimum atomic E-state index is -1.27. The predicted octanol–water partition coefficient (Wildman–Crippen LogP) is 6.86. The van der Waals surface area contributed by atoms with Gasteiger partial charge in [-0.1, -0.05) is 19.6 Å². The summed E-state index contributed by atoms with van der Waals surface area (Å²) in [6.45, 7) is 16.9. The van der Waals surface area contributed by atoms with Crippen molar-refractivity contribution in [3.63, 3.8) is 0 Å². The summed E-state index contributed by atoms with van der Waals surface area (Å²) in [5.74, 6) is 0.791. The number of hydrogen-bond acceptors (Lipinski definition) is 9. The average Bonchev–Trinajstić information content (AvgIpc) is 2.93. The van der Waals surface area contributed by atoms with E-state index in [2.05, 4.69) is 68.0 Å². The van der Waals surface area contributed by atoms with Crippen LogP contribution in [0.25, 0.3) is 10.9 Å². The number of carbonyl (C=O) groups is 2. The summed E-state index contributed by atoms with van der Waals surface area (Å²) in [4.78, 5) is 40.4. The maximum absolute atomic E-state index is 12.6. The van der Waals surface area contributed by atoms with Gasteiger partial charge >= 0.3 is 18.2 Å². The summed E-state index contributed by atoms with van der Waals surface area (Å²) in [6, 6.07) is 3.16. The first-order chi connectivity index (χ1) is 21.0. The number of nitrogens with zero attached hydrogens (tertiary/aromatic N) is 5. The van der Waals surface area contributed by atoms with E-state index in [0.717, 1.165) is 46.7 Å². The van der Waals surface area contributed by atoms with Gasteiger partial charge in [0.05, 0.1) is 11.1 Å². The SMILES string of the molecule is CC(C)(C)OC(=O)N1CC2(CCN(c3nc(OC4CCN(C(=O)OCC[Si](C)(C)C)CC4)nc4c(O)c(Br)c(I)cc34)CC2)C1. The highest BCUT2D eigenvalue weighted by Gasteiger charge is 2.48. The van der Waals surface area contributed by atoms with Gasteiger partial charge in [0.25, 0.3) is 0 Å². The molecular weight excluding hydrogens is 773 g/mol. The Balaban J connectivity index is 1.25. The zero-order valence-electron chi connectivity index (χ0n) is 27.1. The Hall–Kier alpha value is -2.07. The zero-order valence-corrected chi connectivity index (χ0v) is 31.9. The van der Waals surface area contributed by atoms with Gasteiger partial charge in [-0.15, -0.1) is 0 Å². The zero-order chi connectivity index (χ0) is 32.7. The van der Waals surface area contributed by atoms with E-state index >= 15 is 0 Å². The molecule has 3 aliphatic heterocycles. The third-order valence-electron chi connectivity index (χ3n) is 8.70. The fourth-order valence-corrected chi connectivity index (χ4v) is 7.60. The molecule has 0 atom stereocenters. The number of anilines is 1. The molecule has 248 valence electrons. The van der Waals surface area contributed by atoms with Crippen molar-refractivity contribution >= 4 is 75.5 Å². The van der Waals surface area contributed by atoms with Crippen LogP contribution in [0.2, 0.25) is 25.7 Å². The summed E-state index contributed by atoms with van der Waals surface area (Å²) in [5.41, 5.74) is 0.00927. The van der Waals surface area contributed by atoms with Crippen LogP contribution in [-0.2, 0) is 9.47 Å². The molecule has 4 heterocycles. The molecule has 0 radical (unpaired) electrons. The molecule has 0 saturated carbocycles. The van der Waals surface area contributed by atoms with Gasteiger partial charge < -0.3 is 34.0 Å². The molecule has 11 nitrogen and oxygen atoms in total. The van der Waals surface area contributed by atoms with E-state index in [-0.39, 0.29) is 35.5 Å². The van der Waals surface area contributed by atoms with Gasteiger partial charge in [0, 0.05) is 74.6 Å². The number of aromatic nitrogens is 2. The Kier molecular flexibility index (Phi) is 10.1. The number of halogens is 2. The quantitative estimate of drug-likeness (QED) is 0.247. The smallest absolute Gasteiger partial charge is 0.410 e. The van der Waals surface area contributed by atoms with Crippen LogP contribution in [0.5, 0.6) is 11.8 Å². The maximum Gasteiger partial charge on any atom is 0.410 e. The Morgan fingerprint density at radius 1 is 1.07 bits per heavy atom. The lowest BCUT2D eigenvalue weighted by Crippen LogP contribution is -2.62. The highest BCUT2D eigenvalue weighted by molar-refractivity contribution is 14.1. The predicted molar refractivity (Wildman–Crippen MR) is 188 cm³/mol. The summed E-state index contributed by atoms with van der Waals surface area (Å²) < 4.78 is 18.9. The number of fused-ring (bicyclic) bond motifs is 1. The molecule has 3 aliphatic rings. The Bertz CT molecular complexity index is 1430. The lowest BCUT2D eigenvalue weighted by atomic mass is 9.72. The Morgan fingerprint density at radius 3 is 2.31 bits per heavy atom. The van der Waals surface area contributed by atoms with Crippen molar-refractivity contribution < 1.29 is 28.9 Å². The first-order valence-electron chi connectivity index (χ1n) is 15.7. The fourth-order valence-electron chi connectivity index (χ4n) is 6.02. The van der Waals surface area contributed by atoms with Crippen LogP contribution in [0.15, 0.2) is 10.5 Å². The van der Waals surface area contributed by atoms with Crippen molar-refractivity contribution in [1.29, 1.82) is 0 Å². The van der Waals surface area contributed by atoms with Crippen molar-refractivity contribution in [1.82, 2.24) is 19.8 Å². The van der Waals surface area contributed by atoms with E-state index in [0.29, 0.717) is 55.6 Å². The summed E-state index contributed by atoms with van der Waals surface area (Å²) in [5, 5.41) is 11.8. The van der Waals surface area contributed by atoms with Crippen molar-refractivity contribution in [2.45, 2.75) is 83.8 Å². The maximum atomic E-state index is 12.6. The van der Waals surface area contributed by atoms with E-state index < -0.39 is 13.7 Å². The van der Waals surface area contributed by atoms with Crippen molar-refractivity contribution in [2.75, 3.05) is 50.8 Å². The molecule has 3 fully saturated rings. The standard InChI is InChI=1S/C31H45BrIN5O6Si/c1-30(2,3)44-29(41)38-18-31(19-38)9-13-36(14-10-31)26-21-17-22(33)23(32)25(39)24(21)34-27(35-26)43-20-7-11-37(12-8-20)28(40)42-15-16-45(4,5)6/h17,20,39H,7-16,18-19H2,1-6H3. The van der Waals surface area contributed by atoms with Gasteiger partial charge in [-0.2, -0.15) is 9.97 Å². The normalized spacial score (nSPS) is 19.1. The largest absolute Gasteiger partial charge is 0.505 e. The number of ether oxygens (including phenoxy) is 3. The average molecular weight is 819 g/mol. The first-order valence-corrected chi connectivity index (χ1v) is 21.3. The monoisotopic (exact) mass is 817 g/mol. The molecule has 45 heavy (non-hydrogen) atoms. The van der Waals surface area contributed by atoms with Crippen LogP contribution in [0.3, 0.4) is 0 Å². The number of carbonyl (C=O) groups excluding carboxylic acids is 2. The number of hydrogen-bond donors (Lipinski definition) is 1.